The molecule has 4 heterocycles. The largest absolute Gasteiger partial charge is 0.339 e. The summed E-state index contributed by atoms with van der Waals surface area (Å²) in [5.41, 5.74) is 1.16. The van der Waals surface area contributed by atoms with Crippen molar-refractivity contribution in [1.82, 2.24) is 24.1 Å². The number of aromatic nitrogens is 3. The lowest BCUT2D eigenvalue weighted by Crippen LogP contribution is -2.36. The topological polar surface area (TPSA) is 80.4 Å². The molecular formula is C19H23N5O3. The Morgan fingerprint density at radius 3 is 2.44 bits per heavy atom. The molecule has 0 saturated carbocycles. The van der Waals surface area contributed by atoms with Crippen LogP contribution in [0.3, 0.4) is 0 Å². The summed E-state index contributed by atoms with van der Waals surface area (Å²) >= 11 is 0. The average Bonchev–Trinajstić information content (AvgIpc) is 3.29. The van der Waals surface area contributed by atoms with Gasteiger partial charge in [0.25, 0.3) is 17.4 Å². The minimum Gasteiger partial charge on any atom is -0.339 e. The molecule has 0 aliphatic carbocycles. The molecule has 0 bridgehead atoms. The number of pyridine rings is 1. The van der Waals surface area contributed by atoms with Crippen LogP contribution < -0.4 is 5.56 Å². The van der Waals surface area contributed by atoms with Crippen molar-refractivity contribution in [2.24, 2.45) is 7.05 Å². The van der Waals surface area contributed by atoms with E-state index >= 15 is 0 Å². The molecule has 8 nitrogen and oxygen atoms in total. The van der Waals surface area contributed by atoms with E-state index in [-0.39, 0.29) is 29.5 Å². The second-order valence-corrected chi connectivity index (χ2v) is 7.15. The van der Waals surface area contributed by atoms with Crippen LogP contribution in [-0.2, 0) is 20.1 Å². The Bertz CT molecular complexity index is 939. The summed E-state index contributed by atoms with van der Waals surface area (Å²) < 4.78 is 3.22. The second kappa shape index (κ2) is 7.02. The third kappa shape index (κ3) is 3.15. The molecule has 2 aliphatic rings. The number of nitrogens with zero attached hydrogens (tertiary/aromatic N) is 5. The molecule has 1 saturated heterocycles. The molecule has 142 valence electrons. The molecule has 2 aromatic heterocycles. The van der Waals surface area contributed by atoms with Gasteiger partial charge in [-0.25, -0.2) is 0 Å². The zero-order chi connectivity index (χ0) is 19.0. The number of aryl methyl sites for hydroxylation is 2. The highest BCUT2D eigenvalue weighted by Gasteiger charge is 2.29. The van der Waals surface area contributed by atoms with Crippen LogP contribution in [0.15, 0.2) is 29.3 Å². The molecule has 0 atom stereocenters. The number of amides is 2. The fourth-order valence-electron chi connectivity index (χ4n) is 3.81. The van der Waals surface area contributed by atoms with Gasteiger partial charge in [-0.05, 0) is 31.4 Å². The Morgan fingerprint density at radius 2 is 1.67 bits per heavy atom. The number of carbonyl (C=O) groups excluding carboxylic acids is 2. The van der Waals surface area contributed by atoms with Crippen molar-refractivity contribution in [2.45, 2.75) is 32.4 Å². The van der Waals surface area contributed by atoms with Gasteiger partial charge in [0.05, 0.1) is 24.0 Å². The molecule has 2 aliphatic heterocycles. The first-order chi connectivity index (χ1) is 13.1. The van der Waals surface area contributed by atoms with Crippen LogP contribution in [-0.4, -0.2) is 55.6 Å². The normalized spacial score (nSPS) is 16.9. The minimum atomic E-state index is -0.311. The van der Waals surface area contributed by atoms with Gasteiger partial charge in [-0.2, -0.15) is 5.10 Å². The van der Waals surface area contributed by atoms with Crippen molar-refractivity contribution >= 4 is 11.8 Å². The first kappa shape index (κ1) is 17.5. The van der Waals surface area contributed by atoms with E-state index in [0.717, 1.165) is 38.0 Å². The molecule has 27 heavy (non-hydrogen) atoms. The van der Waals surface area contributed by atoms with Gasteiger partial charge in [0.15, 0.2) is 0 Å². The van der Waals surface area contributed by atoms with Gasteiger partial charge in [0.2, 0.25) is 0 Å². The highest BCUT2D eigenvalue weighted by atomic mass is 16.2. The average molecular weight is 369 g/mol. The molecule has 4 rings (SSSR count). The van der Waals surface area contributed by atoms with Crippen molar-refractivity contribution in [3.8, 4) is 0 Å². The lowest BCUT2D eigenvalue weighted by atomic mass is 10.2. The molecule has 2 amide bonds. The molecule has 8 heteroatoms. The Morgan fingerprint density at radius 1 is 0.963 bits per heavy atom. The van der Waals surface area contributed by atoms with Crippen molar-refractivity contribution in [3.05, 3.63) is 51.7 Å². The van der Waals surface area contributed by atoms with Crippen LogP contribution in [0.4, 0.5) is 0 Å². The molecule has 0 radical (unpaired) electrons. The molecule has 0 unspecified atom stereocenters. The fourth-order valence-corrected chi connectivity index (χ4v) is 3.81. The summed E-state index contributed by atoms with van der Waals surface area (Å²) in [5, 5.41) is 4.37. The van der Waals surface area contributed by atoms with Crippen molar-refractivity contribution in [1.29, 1.82) is 0 Å². The van der Waals surface area contributed by atoms with Crippen LogP contribution in [0.5, 0.6) is 0 Å². The van der Waals surface area contributed by atoms with Gasteiger partial charge in [0.1, 0.15) is 5.56 Å². The fraction of sp³-hybridized carbons (Fsp3) is 0.474. The van der Waals surface area contributed by atoms with Gasteiger partial charge < -0.3 is 14.4 Å². The van der Waals surface area contributed by atoms with Crippen LogP contribution in [0.2, 0.25) is 0 Å². The van der Waals surface area contributed by atoms with E-state index < -0.39 is 0 Å². The Hall–Kier alpha value is -2.90. The molecule has 0 aromatic carbocycles. The number of hydrogen-bond donors (Lipinski definition) is 0. The van der Waals surface area contributed by atoms with Gasteiger partial charge in [0, 0.05) is 39.4 Å². The van der Waals surface area contributed by atoms with Crippen LogP contribution in [0.1, 0.15) is 45.7 Å². The smallest absolute Gasteiger partial charge is 0.263 e. The van der Waals surface area contributed by atoms with Crippen LogP contribution >= 0.6 is 0 Å². The standard InChI is InChI=1S/C19H23N5O3/c1-21-7-4-6-14(17(21)25)18(26)23-10-5-11-24-16(13-23)15(12-20-24)19(27)22-8-2-3-9-22/h4,6-7,12H,2-3,5,8-11,13H2,1H3. The number of hydrogen-bond acceptors (Lipinski definition) is 4. The monoisotopic (exact) mass is 369 g/mol. The third-order valence-electron chi connectivity index (χ3n) is 5.35. The molecule has 1 fully saturated rings. The van der Waals surface area contributed by atoms with E-state index in [4.69, 9.17) is 0 Å². The van der Waals surface area contributed by atoms with Crippen molar-refractivity contribution in [3.63, 3.8) is 0 Å². The number of fused-ring (bicyclic) bond motifs is 1. The predicted octanol–water partition coefficient (Wildman–Crippen LogP) is 0.864. The Labute approximate surface area is 157 Å². The number of likely N-dealkylation sites (tertiary alicyclic amines) is 1. The first-order valence-corrected chi connectivity index (χ1v) is 9.35. The quantitative estimate of drug-likeness (QED) is 0.787. The van der Waals surface area contributed by atoms with E-state index in [1.54, 1.807) is 36.5 Å². The second-order valence-electron chi connectivity index (χ2n) is 7.15. The molecule has 0 N–H and O–H groups in total. The maximum absolute atomic E-state index is 13.0. The summed E-state index contributed by atoms with van der Waals surface area (Å²) in [4.78, 5) is 41.7. The summed E-state index contributed by atoms with van der Waals surface area (Å²) in [5.74, 6) is -0.316. The molecule has 0 spiro atoms. The van der Waals surface area contributed by atoms with Gasteiger partial charge >= 0.3 is 0 Å². The predicted molar refractivity (Wildman–Crippen MR) is 98.4 cm³/mol. The zero-order valence-electron chi connectivity index (χ0n) is 15.4. The maximum Gasteiger partial charge on any atom is 0.263 e. The van der Waals surface area contributed by atoms with E-state index in [2.05, 4.69) is 5.10 Å². The number of carbonyl (C=O) groups is 2. The summed E-state index contributed by atoms with van der Waals surface area (Å²) in [6.07, 6.45) is 6.02. The van der Waals surface area contributed by atoms with Crippen molar-refractivity contribution in [2.75, 3.05) is 19.6 Å². The Balaban J connectivity index is 1.63. The highest BCUT2D eigenvalue weighted by molar-refractivity contribution is 5.96. The Kier molecular flexibility index (Phi) is 4.55. The van der Waals surface area contributed by atoms with E-state index in [1.807, 2.05) is 9.58 Å². The van der Waals surface area contributed by atoms with Gasteiger partial charge in [-0.1, -0.05) is 0 Å². The van der Waals surface area contributed by atoms with Crippen LogP contribution in [0, 0.1) is 0 Å². The molecule has 2 aromatic rings. The van der Waals surface area contributed by atoms with Gasteiger partial charge in [-0.15, -0.1) is 0 Å². The number of rotatable bonds is 2. The minimum absolute atomic E-state index is 0.0151. The SMILES string of the molecule is Cn1cccc(C(=O)N2CCCn3ncc(C(=O)N4CCCC4)c3C2)c1=O. The van der Waals surface area contributed by atoms with E-state index in [1.165, 1.54) is 4.57 Å². The lowest BCUT2D eigenvalue weighted by Gasteiger charge is -2.21. The maximum atomic E-state index is 13.0. The lowest BCUT2D eigenvalue weighted by molar-refractivity contribution is 0.0733. The first-order valence-electron chi connectivity index (χ1n) is 9.35. The van der Waals surface area contributed by atoms with Crippen LogP contribution in [0.25, 0.3) is 0 Å². The van der Waals surface area contributed by atoms with Crippen molar-refractivity contribution < 1.29 is 9.59 Å². The van der Waals surface area contributed by atoms with Gasteiger partial charge in [-0.3, -0.25) is 19.1 Å². The third-order valence-corrected chi connectivity index (χ3v) is 5.35. The summed E-state index contributed by atoms with van der Waals surface area (Å²) in [6, 6.07) is 3.25. The van der Waals surface area contributed by atoms with E-state index in [9.17, 15) is 14.4 Å². The zero-order valence-corrected chi connectivity index (χ0v) is 15.4. The molecular weight excluding hydrogens is 346 g/mol. The van der Waals surface area contributed by atoms with E-state index in [0.29, 0.717) is 18.7 Å². The summed E-state index contributed by atoms with van der Waals surface area (Å²) in [6.45, 7) is 3.00. The summed E-state index contributed by atoms with van der Waals surface area (Å²) in [7, 11) is 1.63. The highest BCUT2D eigenvalue weighted by Crippen LogP contribution is 2.21.